The van der Waals surface area contributed by atoms with Gasteiger partial charge in [-0.15, -0.1) is 16.9 Å². The molecule has 0 spiro atoms. The molecule has 1 N–H and O–H groups in total. The maximum absolute atomic E-state index is 14.3. The summed E-state index contributed by atoms with van der Waals surface area (Å²) in [5.74, 6) is -4.78. The van der Waals surface area contributed by atoms with E-state index in [1.807, 2.05) is 0 Å². The summed E-state index contributed by atoms with van der Waals surface area (Å²) >= 11 is 0.446. The monoisotopic (exact) mass is 472 g/mol. The van der Waals surface area contributed by atoms with E-state index < -0.39 is 51.8 Å². The van der Waals surface area contributed by atoms with Gasteiger partial charge in [-0.05, 0) is 31.5 Å². The summed E-state index contributed by atoms with van der Waals surface area (Å²) in [5, 5.41) is 8.89. The number of amides is 1. The number of carbonyl (C=O) groups excluding carboxylic acids is 1. The summed E-state index contributed by atoms with van der Waals surface area (Å²) in [6.45, 7) is 0.994. The fraction of sp³-hybridized carbons (Fsp3) is 0.350. The van der Waals surface area contributed by atoms with Gasteiger partial charge in [-0.2, -0.15) is 17.6 Å². The first-order valence-corrected chi connectivity index (χ1v) is 10.3. The van der Waals surface area contributed by atoms with Crippen LogP contribution in [0.2, 0.25) is 0 Å². The number of methoxy groups -OCH3 is 1. The zero-order valence-electron chi connectivity index (χ0n) is 16.8. The molecule has 0 bridgehead atoms. The fourth-order valence-corrected chi connectivity index (χ4v) is 5.34. The molecule has 3 heterocycles. The van der Waals surface area contributed by atoms with Crippen LogP contribution in [0.3, 0.4) is 0 Å². The Balaban J connectivity index is 1.71. The van der Waals surface area contributed by atoms with Crippen LogP contribution < -0.4 is 10.1 Å². The zero-order chi connectivity index (χ0) is 23.3. The van der Waals surface area contributed by atoms with Gasteiger partial charge in [0.25, 0.3) is 0 Å². The van der Waals surface area contributed by atoms with Crippen LogP contribution in [0.4, 0.5) is 27.6 Å². The topological polar surface area (TPSA) is 68.5 Å². The highest BCUT2D eigenvalue weighted by Crippen LogP contribution is 2.59. The van der Waals surface area contributed by atoms with E-state index >= 15 is 0 Å². The average molecular weight is 472 g/mol. The Morgan fingerprint density at radius 1 is 1.31 bits per heavy atom. The van der Waals surface area contributed by atoms with Crippen molar-refractivity contribution in [2.45, 2.75) is 35.4 Å². The number of halogens is 5. The van der Waals surface area contributed by atoms with E-state index in [0.29, 0.717) is 23.0 Å². The van der Waals surface area contributed by atoms with E-state index in [1.54, 1.807) is 6.07 Å². The number of aromatic nitrogens is 3. The summed E-state index contributed by atoms with van der Waals surface area (Å²) in [6.07, 6.45) is -2.14. The van der Waals surface area contributed by atoms with Gasteiger partial charge in [0, 0.05) is 23.4 Å². The summed E-state index contributed by atoms with van der Waals surface area (Å²) in [5.41, 5.74) is 0.908. The normalized spacial score (nSPS) is 23.5. The zero-order valence-corrected chi connectivity index (χ0v) is 17.6. The lowest BCUT2D eigenvalue weighted by atomic mass is 9.85. The lowest BCUT2D eigenvalue weighted by molar-refractivity contribution is -0.155. The second kappa shape index (κ2) is 7.91. The van der Waals surface area contributed by atoms with Crippen molar-refractivity contribution in [3.8, 4) is 5.75 Å². The van der Waals surface area contributed by atoms with Crippen LogP contribution in [0.25, 0.3) is 5.52 Å². The lowest BCUT2D eigenvalue weighted by Crippen LogP contribution is -2.37. The molecular formula is C20H17F5N4O2S. The number of nitrogens with zero attached hydrogens (tertiary/aromatic N) is 3. The number of thioether (sulfide) groups is 1. The molecule has 2 aromatic heterocycles. The molecule has 0 saturated carbocycles. The minimum atomic E-state index is -4.63. The molecule has 3 aromatic rings. The van der Waals surface area contributed by atoms with Gasteiger partial charge in [0.05, 0.1) is 24.1 Å². The van der Waals surface area contributed by atoms with Crippen LogP contribution in [-0.4, -0.2) is 44.0 Å². The van der Waals surface area contributed by atoms with Crippen LogP contribution in [0.1, 0.15) is 24.8 Å². The van der Waals surface area contributed by atoms with Crippen molar-refractivity contribution in [3.63, 3.8) is 0 Å². The minimum Gasteiger partial charge on any atom is -0.493 e. The standard InChI is InChI=1S/C20H17F5N4O2S/c1-19(20(23,24)25)8-13(12-3-4-14(21)15(22)16(12)31-2)17(32-19)18(30)27-10-5-6-29-11(7-10)9-26-28-29/h3-7,9,13,17H,8H2,1-2H3,(H,27,30)/t13-,17+,19+/m0/s1. The Morgan fingerprint density at radius 2 is 2.06 bits per heavy atom. The van der Waals surface area contributed by atoms with Crippen molar-refractivity contribution in [3.05, 3.63) is 53.9 Å². The molecule has 1 aliphatic heterocycles. The number of nitrogens with one attached hydrogen (secondary N) is 1. The van der Waals surface area contributed by atoms with Crippen molar-refractivity contribution in [1.82, 2.24) is 14.8 Å². The van der Waals surface area contributed by atoms with E-state index in [9.17, 15) is 26.7 Å². The summed E-state index contributed by atoms with van der Waals surface area (Å²) in [7, 11) is 1.09. The van der Waals surface area contributed by atoms with E-state index in [0.717, 1.165) is 26.2 Å². The number of alkyl halides is 3. The number of hydrogen-bond donors (Lipinski definition) is 1. The third-order valence-corrected chi connectivity index (χ3v) is 7.19. The number of rotatable bonds is 4. The van der Waals surface area contributed by atoms with Gasteiger partial charge < -0.3 is 10.1 Å². The van der Waals surface area contributed by atoms with Crippen LogP contribution in [-0.2, 0) is 4.79 Å². The van der Waals surface area contributed by atoms with Crippen molar-refractivity contribution in [2.24, 2.45) is 0 Å². The van der Waals surface area contributed by atoms with Gasteiger partial charge >= 0.3 is 6.18 Å². The summed E-state index contributed by atoms with van der Waals surface area (Å²) in [6, 6.07) is 5.06. The Bertz CT molecular complexity index is 1180. The lowest BCUT2D eigenvalue weighted by Gasteiger charge is -2.26. The van der Waals surface area contributed by atoms with Crippen LogP contribution in [0.15, 0.2) is 36.7 Å². The molecule has 1 fully saturated rings. The second-order valence-corrected chi connectivity index (χ2v) is 9.21. The van der Waals surface area contributed by atoms with Gasteiger partial charge in [-0.3, -0.25) is 4.79 Å². The van der Waals surface area contributed by atoms with E-state index in [2.05, 4.69) is 15.6 Å². The molecule has 0 radical (unpaired) electrons. The van der Waals surface area contributed by atoms with Crippen LogP contribution in [0, 0.1) is 11.6 Å². The molecule has 1 aliphatic rings. The Hall–Kier alpha value is -2.89. The van der Waals surface area contributed by atoms with Gasteiger partial charge in [0.1, 0.15) is 4.75 Å². The largest absolute Gasteiger partial charge is 0.493 e. The maximum Gasteiger partial charge on any atom is 0.403 e. The van der Waals surface area contributed by atoms with Crippen molar-refractivity contribution < 1.29 is 31.5 Å². The van der Waals surface area contributed by atoms with Gasteiger partial charge in [-0.25, -0.2) is 8.91 Å². The molecule has 3 atom stereocenters. The molecule has 0 unspecified atom stereocenters. The summed E-state index contributed by atoms with van der Waals surface area (Å²) < 4.78 is 73.6. The van der Waals surface area contributed by atoms with Crippen LogP contribution in [0.5, 0.6) is 5.75 Å². The van der Waals surface area contributed by atoms with E-state index in [-0.39, 0.29) is 5.56 Å². The molecule has 12 heteroatoms. The van der Waals surface area contributed by atoms with Crippen molar-refractivity contribution in [2.75, 3.05) is 12.4 Å². The van der Waals surface area contributed by atoms with E-state index in [4.69, 9.17) is 4.74 Å². The molecule has 1 amide bonds. The molecule has 32 heavy (non-hydrogen) atoms. The third-order valence-electron chi connectivity index (χ3n) is 5.47. The fourth-order valence-electron chi connectivity index (χ4n) is 3.80. The number of benzene rings is 1. The van der Waals surface area contributed by atoms with Crippen LogP contribution >= 0.6 is 11.8 Å². The number of ether oxygens (including phenoxy) is 1. The van der Waals surface area contributed by atoms with E-state index in [1.165, 1.54) is 23.0 Å². The number of carbonyl (C=O) groups is 1. The van der Waals surface area contributed by atoms with Crippen molar-refractivity contribution >= 4 is 28.9 Å². The molecule has 1 saturated heterocycles. The Kier molecular flexibility index (Phi) is 5.51. The molecule has 0 aliphatic carbocycles. The third kappa shape index (κ3) is 3.76. The molecule has 6 nitrogen and oxygen atoms in total. The quantitative estimate of drug-likeness (QED) is 0.564. The van der Waals surface area contributed by atoms with Gasteiger partial charge in [0.15, 0.2) is 11.6 Å². The molecule has 4 rings (SSSR count). The van der Waals surface area contributed by atoms with Gasteiger partial charge in [0.2, 0.25) is 11.7 Å². The first-order chi connectivity index (χ1) is 15.0. The second-order valence-electron chi connectivity index (χ2n) is 7.57. The van der Waals surface area contributed by atoms with Crippen molar-refractivity contribution in [1.29, 1.82) is 0 Å². The number of pyridine rings is 1. The highest BCUT2D eigenvalue weighted by atomic mass is 32.2. The highest BCUT2D eigenvalue weighted by molar-refractivity contribution is 8.02. The smallest absolute Gasteiger partial charge is 0.403 e. The highest BCUT2D eigenvalue weighted by Gasteiger charge is 2.60. The number of hydrogen-bond acceptors (Lipinski definition) is 5. The Labute approximate surface area is 183 Å². The maximum atomic E-state index is 14.3. The average Bonchev–Trinajstić information content (AvgIpc) is 3.34. The first kappa shape index (κ1) is 22.3. The predicted molar refractivity (Wildman–Crippen MR) is 108 cm³/mol. The molecule has 170 valence electrons. The predicted octanol–water partition coefficient (Wildman–Crippen LogP) is 4.56. The summed E-state index contributed by atoms with van der Waals surface area (Å²) in [4.78, 5) is 13.1. The Morgan fingerprint density at radius 3 is 2.75 bits per heavy atom. The number of fused-ring (bicyclic) bond motifs is 1. The first-order valence-electron chi connectivity index (χ1n) is 9.41. The molecular weight excluding hydrogens is 455 g/mol. The molecule has 1 aromatic carbocycles. The minimum absolute atomic E-state index is 0.00228. The SMILES string of the molecule is COc1c([C@@H]2C[C@](C)(C(F)(F)F)S[C@H]2C(=O)Nc2ccn3nncc3c2)ccc(F)c1F. The van der Waals surface area contributed by atoms with Gasteiger partial charge in [-0.1, -0.05) is 11.3 Å². The number of anilines is 1.